The molecular formula is C13H12ClN5. The van der Waals surface area contributed by atoms with Crippen LogP contribution in [0.3, 0.4) is 0 Å². The van der Waals surface area contributed by atoms with Crippen molar-refractivity contribution in [2.45, 2.75) is 13.0 Å². The molecule has 0 fully saturated rings. The molecular weight excluding hydrogens is 262 g/mol. The van der Waals surface area contributed by atoms with Crippen molar-refractivity contribution >= 4 is 28.6 Å². The van der Waals surface area contributed by atoms with E-state index >= 15 is 0 Å². The molecule has 0 aliphatic heterocycles. The van der Waals surface area contributed by atoms with Crippen molar-refractivity contribution in [2.24, 2.45) is 0 Å². The van der Waals surface area contributed by atoms with E-state index in [4.69, 9.17) is 17.3 Å². The van der Waals surface area contributed by atoms with E-state index in [1.807, 2.05) is 28.8 Å². The van der Waals surface area contributed by atoms with E-state index in [1.165, 1.54) is 6.33 Å². The molecule has 2 aromatic heterocycles. The van der Waals surface area contributed by atoms with E-state index in [1.54, 1.807) is 6.33 Å². The summed E-state index contributed by atoms with van der Waals surface area (Å²) in [5, 5.41) is 0.779. The maximum atomic E-state index is 6.14. The average Bonchev–Trinajstić information content (AvgIpc) is 2.83. The van der Waals surface area contributed by atoms with Crippen LogP contribution in [0.2, 0.25) is 5.02 Å². The number of aromatic nitrogens is 4. The molecule has 0 saturated carbocycles. The third kappa shape index (κ3) is 2.24. The van der Waals surface area contributed by atoms with Crippen LogP contribution in [0.5, 0.6) is 0 Å². The number of nitrogens with two attached hydrogens (primary N) is 1. The van der Waals surface area contributed by atoms with Crippen LogP contribution in [-0.2, 0) is 13.0 Å². The number of nitrogen functional groups attached to an aromatic ring is 1. The Bertz CT molecular complexity index is 722. The Morgan fingerprint density at radius 3 is 2.84 bits per heavy atom. The summed E-state index contributed by atoms with van der Waals surface area (Å²) in [6.07, 6.45) is 3.99. The maximum absolute atomic E-state index is 6.14. The maximum Gasteiger partial charge on any atom is 0.165 e. The van der Waals surface area contributed by atoms with Gasteiger partial charge in [0.15, 0.2) is 11.5 Å². The Kier molecular flexibility index (Phi) is 3.05. The number of anilines is 1. The predicted octanol–water partition coefficient (Wildman–Crippen LogP) is 2.30. The lowest BCUT2D eigenvalue weighted by Crippen LogP contribution is -2.02. The molecule has 2 heterocycles. The SMILES string of the molecule is Nc1ncnc2c1ncn2CCc1ccccc1Cl. The Morgan fingerprint density at radius 1 is 1.16 bits per heavy atom. The molecule has 6 heteroatoms. The van der Waals surface area contributed by atoms with E-state index in [2.05, 4.69) is 15.0 Å². The van der Waals surface area contributed by atoms with Crippen molar-refractivity contribution < 1.29 is 0 Å². The lowest BCUT2D eigenvalue weighted by atomic mass is 10.1. The van der Waals surface area contributed by atoms with Crippen molar-refractivity contribution in [3.8, 4) is 0 Å². The molecule has 0 atom stereocenters. The van der Waals surface area contributed by atoms with Crippen LogP contribution in [0.15, 0.2) is 36.9 Å². The van der Waals surface area contributed by atoms with Crippen LogP contribution in [0.4, 0.5) is 5.82 Å². The van der Waals surface area contributed by atoms with Gasteiger partial charge in [-0.25, -0.2) is 15.0 Å². The molecule has 0 unspecified atom stereocenters. The highest BCUT2D eigenvalue weighted by Gasteiger charge is 2.08. The second-order valence-corrected chi connectivity index (χ2v) is 4.62. The summed E-state index contributed by atoms with van der Waals surface area (Å²) in [6, 6.07) is 7.81. The molecule has 1 aromatic carbocycles. The van der Waals surface area contributed by atoms with Crippen LogP contribution < -0.4 is 5.73 Å². The Balaban J connectivity index is 1.87. The van der Waals surface area contributed by atoms with Crippen molar-refractivity contribution in [3.05, 3.63) is 47.5 Å². The molecule has 0 aliphatic carbocycles. The van der Waals surface area contributed by atoms with E-state index in [9.17, 15) is 0 Å². The van der Waals surface area contributed by atoms with Gasteiger partial charge >= 0.3 is 0 Å². The number of fused-ring (bicyclic) bond motifs is 1. The minimum Gasteiger partial charge on any atom is -0.382 e. The van der Waals surface area contributed by atoms with Gasteiger partial charge in [-0.15, -0.1) is 0 Å². The van der Waals surface area contributed by atoms with Gasteiger partial charge in [-0.05, 0) is 18.1 Å². The molecule has 0 amide bonds. The van der Waals surface area contributed by atoms with Gasteiger partial charge in [0.25, 0.3) is 0 Å². The second-order valence-electron chi connectivity index (χ2n) is 4.21. The zero-order valence-corrected chi connectivity index (χ0v) is 10.9. The highest BCUT2D eigenvalue weighted by molar-refractivity contribution is 6.31. The predicted molar refractivity (Wildman–Crippen MR) is 74.9 cm³/mol. The van der Waals surface area contributed by atoms with Gasteiger partial charge < -0.3 is 10.3 Å². The fraction of sp³-hybridized carbons (Fsp3) is 0.154. The van der Waals surface area contributed by atoms with E-state index < -0.39 is 0 Å². The number of halogens is 1. The first-order valence-corrected chi connectivity index (χ1v) is 6.28. The molecule has 3 aromatic rings. The molecule has 0 spiro atoms. The molecule has 0 bridgehead atoms. The number of hydrogen-bond acceptors (Lipinski definition) is 4. The monoisotopic (exact) mass is 273 g/mol. The second kappa shape index (κ2) is 4.85. The van der Waals surface area contributed by atoms with Crippen LogP contribution >= 0.6 is 11.6 Å². The van der Waals surface area contributed by atoms with Gasteiger partial charge in [0, 0.05) is 11.6 Å². The smallest absolute Gasteiger partial charge is 0.165 e. The fourth-order valence-electron chi connectivity index (χ4n) is 2.00. The summed E-state index contributed by atoms with van der Waals surface area (Å²) in [7, 11) is 0. The van der Waals surface area contributed by atoms with Crippen LogP contribution in [0.25, 0.3) is 11.2 Å². The van der Waals surface area contributed by atoms with Crippen molar-refractivity contribution in [1.29, 1.82) is 0 Å². The summed E-state index contributed by atoms with van der Waals surface area (Å²) in [6.45, 7) is 0.747. The topological polar surface area (TPSA) is 69.6 Å². The van der Waals surface area contributed by atoms with Gasteiger partial charge in [-0.3, -0.25) is 0 Å². The number of rotatable bonds is 3. The number of aryl methyl sites for hydroxylation is 2. The Morgan fingerprint density at radius 2 is 2.00 bits per heavy atom. The molecule has 2 N–H and O–H groups in total. The number of imidazole rings is 1. The summed E-state index contributed by atoms with van der Waals surface area (Å²) in [4.78, 5) is 12.4. The average molecular weight is 274 g/mol. The molecule has 0 saturated heterocycles. The minimum absolute atomic E-state index is 0.404. The summed E-state index contributed by atoms with van der Waals surface area (Å²) in [5.41, 5.74) is 8.25. The Labute approximate surface area is 115 Å². The highest BCUT2D eigenvalue weighted by Crippen LogP contribution is 2.18. The van der Waals surface area contributed by atoms with Gasteiger partial charge in [0.2, 0.25) is 0 Å². The van der Waals surface area contributed by atoms with Crippen molar-refractivity contribution in [3.63, 3.8) is 0 Å². The standard InChI is InChI=1S/C13H12ClN5/c14-10-4-2-1-3-9(10)5-6-19-8-18-11-12(15)16-7-17-13(11)19/h1-4,7-8H,5-6H2,(H2,15,16,17). The summed E-state index contributed by atoms with van der Waals surface area (Å²) < 4.78 is 1.96. The minimum atomic E-state index is 0.404. The fourth-order valence-corrected chi connectivity index (χ4v) is 2.23. The molecule has 19 heavy (non-hydrogen) atoms. The number of benzene rings is 1. The third-order valence-electron chi connectivity index (χ3n) is 3.01. The molecule has 0 aliphatic rings. The van der Waals surface area contributed by atoms with Crippen LogP contribution in [0.1, 0.15) is 5.56 Å². The molecule has 5 nitrogen and oxygen atoms in total. The van der Waals surface area contributed by atoms with Crippen LogP contribution in [-0.4, -0.2) is 19.5 Å². The van der Waals surface area contributed by atoms with E-state index in [0.29, 0.717) is 11.3 Å². The van der Waals surface area contributed by atoms with Gasteiger partial charge in [0.05, 0.1) is 6.33 Å². The first-order valence-electron chi connectivity index (χ1n) is 5.90. The Hall–Kier alpha value is -2.14. The quantitative estimate of drug-likeness (QED) is 0.795. The van der Waals surface area contributed by atoms with Crippen molar-refractivity contribution in [2.75, 3.05) is 5.73 Å². The largest absolute Gasteiger partial charge is 0.382 e. The number of nitrogens with zero attached hydrogens (tertiary/aromatic N) is 4. The first-order chi connectivity index (χ1) is 9.25. The van der Waals surface area contributed by atoms with Gasteiger partial charge in [-0.1, -0.05) is 29.8 Å². The highest BCUT2D eigenvalue weighted by atomic mass is 35.5. The molecule has 3 rings (SSSR count). The summed E-state index contributed by atoms with van der Waals surface area (Å²) >= 11 is 6.14. The first kappa shape index (κ1) is 11.9. The van der Waals surface area contributed by atoms with Crippen LogP contribution in [0, 0.1) is 0 Å². The molecule has 96 valence electrons. The van der Waals surface area contributed by atoms with E-state index in [-0.39, 0.29) is 0 Å². The zero-order chi connectivity index (χ0) is 13.2. The van der Waals surface area contributed by atoms with E-state index in [0.717, 1.165) is 29.2 Å². The zero-order valence-electron chi connectivity index (χ0n) is 10.1. The molecule has 0 radical (unpaired) electrons. The normalized spacial score (nSPS) is 11.0. The van der Waals surface area contributed by atoms with Crippen molar-refractivity contribution in [1.82, 2.24) is 19.5 Å². The summed E-state index contributed by atoms with van der Waals surface area (Å²) in [5.74, 6) is 0.404. The van der Waals surface area contributed by atoms with Gasteiger partial charge in [0.1, 0.15) is 11.8 Å². The number of hydrogen-bond donors (Lipinski definition) is 1. The van der Waals surface area contributed by atoms with Gasteiger partial charge in [-0.2, -0.15) is 0 Å². The third-order valence-corrected chi connectivity index (χ3v) is 3.38. The lowest BCUT2D eigenvalue weighted by molar-refractivity contribution is 0.709. The lowest BCUT2D eigenvalue weighted by Gasteiger charge is -2.05.